The summed E-state index contributed by atoms with van der Waals surface area (Å²) in [6.45, 7) is 1.95. The van der Waals surface area contributed by atoms with Gasteiger partial charge in [0.2, 0.25) is 0 Å². The van der Waals surface area contributed by atoms with Crippen LogP contribution in [-0.4, -0.2) is 11.9 Å². The Kier molecular flexibility index (Phi) is 2.40. The minimum atomic E-state index is -0.338. The molecular weight excluding hydrogens is 158 g/mol. The van der Waals surface area contributed by atoms with Gasteiger partial charge in [-0.15, -0.1) is 11.6 Å². The van der Waals surface area contributed by atoms with E-state index in [1.54, 1.807) is 0 Å². The molecule has 1 unspecified atom stereocenters. The van der Waals surface area contributed by atoms with Crippen molar-refractivity contribution in [2.75, 3.05) is 7.05 Å². The van der Waals surface area contributed by atoms with Crippen LogP contribution < -0.4 is 5.32 Å². The maximum absolute atomic E-state index is 6.06. The van der Waals surface area contributed by atoms with Crippen LogP contribution in [0.4, 0.5) is 0 Å². The van der Waals surface area contributed by atoms with Crippen LogP contribution in [0.5, 0.6) is 0 Å². The Balaban J connectivity index is 2.83. The third-order valence-electron chi connectivity index (χ3n) is 1.58. The number of nitrogens with one attached hydrogen (secondary N) is 1. The van der Waals surface area contributed by atoms with Crippen LogP contribution in [0.1, 0.15) is 6.92 Å². The molecule has 0 radical (unpaired) electrons. The third-order valence-corrected chi connectivity index (χ3v) is 1.83. The molecule has 0 amide bonds. The van der Waals surface area contributed by atoms with E-state index >= 15 is 0 Å². The maximum atomic E-state index is 6.06. The van der Waals surface area contributed by atoms with Crippen molar-refractivity contribution in [1.82, 2.24) is 5.32 Å². The van der Waals surface area contributed by atoms with E-state index in [-0.39, 0.29) is 4.87 Å². The maximum Gasteiger partial charge on any atom is 0.0784 e. The van der Waals surface area contributed by atoms with Crippen molar-refractivity contribution >= 4 is 11.6 Å². The second kappa shape index (κ2) is 3.14. The van der Waals surface area contributed by atoms with Crippen molar-refractivity contribution < 1.29 is 0 Å². The molecule has 60 valence electrons. The molecule has 1 aliphatic rings. The van der Waals surface area contributed by atoms with Gasteiger partial charge in [0.15, 0.2) is 0 Å². The Morgan fingerprint density at radius 3 is 2.82 bits per heavy atom. The van der Waals surface area contributed by atoms with Gasteiger partial charge in [-0.2, -0.15) is 0 Å². The smallest absolute Gasteiger partial charge is 0.0784 e. The quantitative estimate of drug-likeness (QED) is 0.594. The molecule has 11 heavy (non-hydrogen) atoms. The first-order valence-electron chi connectivity index (χ1n) is 3.59. The van der Waals surface area contributed by atoms with Gasteiger partial charge in [-0.05, 0) is 19.1 Å². The van der Waals surface area contributed by atoms with Crippen molar-refractivity contribution in [3.05, 3.63) is 36.1 Å². The summed E-state index contributed by atoms with van der Waals surface area (Å²) in [5, 5.41) is 3.05. The summed E-state index contributed by atoms with van der Waals surface area (Å²) in [6, 6.07) is 0. The molecule has 0 saturated heterocycles. The summed E-state index contributed by atoms with van der Waals surface area (Å²) in [4.78, 5) is -0.338. The van der Waals surface area contributed by atoms with Crippen LogP contribution in [0.3, 0.4) is 0 Å². The predicted molar refractivity (Wildman–Crippen MR) is 49.7 cm³/mol. The molecule has 0 fully saturated rings. The molecule has 1 rings (SSSR count). The molecular formula is C9H12ClN. The molecule has 0 heterocycles. The molecule has 0 aromatic heterocycles. The largest absolute Gasteiger partial charge is 0.388 e. The average Bonchev–Trinajstić information content (AvgIpc) is 2.10. The average molecular weight is 170 g/mol. The Morgan fingerprint density at radius 2 is 2.18 bits per heavy atom. The summed E-state index contributed by atoms with van der Waals surface area (Å²) in [5.74, 6) is 0. The van der Waals surface area contributed by atoms with E-state index in [0.717, 1.165) is 5.70 Å². The van der Waals surface area contributed by atoms with E-state index in [9.17, 15) is 0 Å². The van der Waals surface area contributed by atoms with Crippen molar-refractivity contribution in [2.24, 2.45) is 0 Å². The number of hydrogen-bond acceptors (Lipinski definition) is 1. The zero-order valence-electron chi connectivity index (χ0n) is 6.76. The second-order valence-corrected chi connectivity index (χ2v) is 3.53. The highest BCUT2D eigenvalue weighted by Gasteiger charge is 2.12. The van der Waals surface area contributed by atoms with Gasteiger partial charge in [-0.25, -0.2) is 0 Å². The van der Waals surface area contributed by atoms with E-state index in [1.807, 2.05) is 44.4 Å². The number of rotatable bonds is 1. The molecule has 1 atom stereocenters. The lowest BCUT2D eigenvalue weighted by Crippen LogP contribution is -2.07. The first-order chi connectivity index (χ1) is 5.14. The normalized spacial score (nSPS) is 29.5. The number of allylic oxidation sites excluding steroid dienone is 5. The van der Waals surface area contributed by atoms with Crippen LogP contribution in [0.15, 0.2) is 36.1 Å². The summed E-state index contributed by atoms with van der Waals surface area (Å²) >= 11 is 6.06. The van der Waals surface area contributed by atoms with Gasteiger partial charge in [0.25, 0.3) is 0 Å². The van der Waals surface area contributed by atoms with Crippen LogP contribution in [0, 0.1) is 0 Å². The second-order valence-electron chi connectivity index (χ2n) is 2.72. The highest BCUT2D eigenvalue weighted by Crippen LogP contribution is 2.20. The molecule has 1 N–H and O–H groups in total. The molecule has 0 aromatic carbocycles. The Hall–Kier alpha value is -0.690. The number of hydrogen-bond donors (Lipinski definition) is 1. The molecule has 0 spiro atoms. The van der Waals surface area contributed by atoms with E-state index in [4.69, 9.17) is 11.6 Å². The van der Waals surface area contributed by atoms with Crippen molar-refractivity contribution in [3.63, 3.8) is 0 Å². The fourth-order valence-electron chi connectivity index (χ4n) is 0.870. The number of halogens is 1. The minimum Gasteiger partial charge on any atom is -0.388 e. The van der Waals surface area contributed by atoms with Crippen molar-refractivity contribution in [1.29, 1.82) is 0 Å². The van der Waals surface area contributed by atoms with Crippen molar-refractivity contribution in [2.45, 2.75) is 11.8 Å². The lowest BCUT2D eigenvalue weighted by Gasteiger charge is -2.09. The molecule has 0 aromatic rings. The van der Waals surface area contributed by atoms with Gasteiger partial charge >= 0.3 is 0 Å². The van der Waals surface area contributed by atoms with Gasteiger partial charge < -0.3 is 5.32 Å². The van der Waals surface area contributed by atoms with Crippen LogP contribution in [-0.2, 0) is 0 Å². The van der Waals surface area contributed by atoms with Crippen LogP contribution in [0.2, 0.25) is 0 Å². The first-order valence-corrected chi connectivity index (χ1v) is 3.97. The Bertz CT molecular complexity index is 224. The van der Waals surface area contributed by atoms with Gasteiger partial charge in [-0.3, -0.25) is 0 Å². The highest BCUT2D eigenvalue weighted by atomic mass is 35.5. The van der Waals surface area contributed by atoms with Crippen LogP contribution >= 0.6 is 11.6 Å². The molecule has 0 bridgehead atoms. The molecule has 1 aliphatic carbocycles. The van der Waals surface area contributed by atoms with E-state index in [0.29, 0.717) is 0 Å². The van der Waals surface area contributed by atoms with E-state index in [1.165, 1.54) is 0 Å². The molecule has 0 saturated carbocycles. The van der Waals surface area contributed by atoms with Crippen molar-refractivity contribution in [3.8, 4) is 0 Å². The third kappa shape index (κ3) is 2.43. The highest BCUT2D eigenvalue weighted by molar-refractivity contribution is 6.26. The fraction of sp³-hybridized carbons (Fsp3) is 0.333. The standard InChI is InChI=1S/C9H12ClN/c1-9(10)6-3-4-8(11-2)5-7-9/h3-7,11H,1-2H3. The number of likely N-dealkylation sites (N-methyl/N-ethyl adjacent to an activating group) is 1. The Labute approximate surface area is 72.4 Å². The topological polar surface area (TPSA) is 12.0 Å². The SMILES string of the molecule is CNC1=CC=CC(C)(Cl)C=C1. The number of alkyl halides is 1. The minimum absolute atomic E-state index is 0.338. The molecule has 1 nitrogen and oxygen atoms in total. The monoisotopic (exact) mass is 169 g/mol. The van der Waals surface area contributed by atoms with Crippen LogP contribution in [0.25, 0.3) is 0 Å². The summed E-state index contributed by atoms with van der Waals surface area (Å²) < 4.78 is 0. The first kappa shape index (κ1) is 8.41. The zero-order chi connectivity index (χ0) is 8.32. The summed E-state index contributed by atoms with van der Waals surface area (Å²) in [7, 11) is 1.89. The Morgan fingerprint density at radius 1 is 1.45 bits per heavy atom. The molecule has 0 aliphatic heterocycles. The van der Waals surface area contributed by atoms with Gasteiger partial charge in [-0.1, -0.05) is 18.2 Å². The van der Waals surface area contributed by atoms with E-state index in [2.05, 4.69) is 5.32 Å². The fourth-order valence-corrected chi connectivity index (χ4v) is 1.01. The molecule has 2 heteroatoms. The van der Waals surface area contributed by atoms with Gasteiger partial charge in [0.05, 0.1) is 4.87 Å². The lowest BCUT2D eigenvalue weighted by atomic mass is 10.1. The van der Waals surface area contributed by atoms with Gasteiger partial charge in [0.1, 0.15) is 0 Å². The lowest BCUT2D eigenvalue weighted by molar-refractivity contribution is 0.982. The van der Waals surface area contributed by atoms with Gasteiger partial charge in [0, 0.05) is 12.7 Å². The van der Waals surface area contributed by atoms with E-state index < -0.39 is 0 Å². The predicted octanol–water partition coefficient (Wildman–Crippen LogP) is 2.21. The summed E-state index contributed by atoms with van der Waals surface area (Å²) in [6.07, 6.45) is 9.84. The zero-order valence-corrected chi connectivity index (χ0v) is 7.52. The summed E-state index contributed by atoms with van der Waals surface area (Å²) in [5.41, 5.74) is 1.07.